The second-order valence-corrected chi connectivity index (χ2v) is 6.74. The third-order valence-electron chi connectivity index (χ3n) is 3.81. The van der Waals surface area contributed by atoms with Gasteiger partial charge in [0.2, 0.25) is 10.0 Å². The molecule has 2 unspecified atom stereocenters. The van der Waals surface area contributed by atoms with Gasteiger partial charge in [-0.15, -0.1) is 0 Å². The lowest BCUT2D eigenvalue weighted by Crippen LogP contribution is -2.41. The fraction of sp³-hybridized carbons (Fsp3) is 0.727. The number of primary sulfonamides is 1. The van der Waals surface area contributed by atoms with E-state index in [0.717, 1.165) is 19.3 Å². The second kappa shape index (κ2) is 4.55. The number of sulfonamides is 1. The Hall–Kier alpha value is -0.960. The van der Waals surface area contributed by atoms with Crippen LogP contribution in [0.5, 0.6) is 0 Å². The molecule has 1 aromatic rings. The Labute approximate surface area is 111 Å². The molecule has 0 amide bonds. The van der Waals surface area contributed by atoms with Gasteiger partial charge in [0.1, 0.15) is 4.90 Å². The lowest BCUT2D eigenvalue weighted by molar-refractivity contribution is -0.0962. The van der Waals surface area contributed by atoms with E-state index in [1.54, 1.807) is 4.68 Å². The number of nitrogens with zero attached hydrogens (tertiary/aromatic N) is 2. The molecule has 2 aliphatic heterocycles. The first-order valence-electron chi connectivity index (χ1n) is 6.27. The van der Waals surface area contributed by atoms with Gasteiger partial charge in [0.15, 0.2) is 0 Å². The van der Waals surface area contributed by atoms with Crippen molar-refractivity contribution in [3.8, 4) is 0 Å². The molecule has 1 spiro atoms. The van der Waals surface area contributed by atoms with Crippen LogP contribution in [-0.4, -0.2) is 43.6 Å². The second-order valence-electron chi connectivity index (χ2n) is 5.18. The van der Waals surface area contributed by atoms with Gasteiger partial charge >= 0.3 is 0 Å². The van der Waals surface area contributed by atoms with E-state index in [0.29, 0.717) is 19.8 Å². The molecule has 7 nitrogen and oxygen atoms in total. The molecule has 2 N–H and O–H groups in total. The van der Waals surface area contributed by atoms with Crippen LogP contribution in [0.15, 0.2) is 17.3 Å². The molecule has 0 radical (unpaired) electrons. The zero-order valence-electron chi connectivity index (χ0n) is 10.5. The number of hydrogen-bond donors (Lipinski definition) is 1. The van der Waals surface area contributed by atoms with Crippen molar-refractivity contribution in [3.05, 3.63) is 12.4 Å². The zero-order valence-corrected chi connectivity index (χ0v) is 11.3. The highest BCUT2D eigenvalue weighted by Gasteiger charge is 2.41. The van der Waals surface area contributed by atoms with Crippen molar-refractivity contribution in [1.82, 2.24) is 9.78 Å². The minimum atomic E-state index is -3.69. The third kappa shape index (κ3) is 2.53. The van der Waals surface area contributed by atoms with Crippen LogP contribution in [0.4, 0.5) is 0 Å². The highest BCUT2D eigenvalue weighted by molar-refractivity contribution is 7.89. The Morgan fingerprint density at radius 2 is 2.32 bits per heavy atom. The topological polar surface area (TPSA) is 96.4 Å². The summed E-state index contributed by atoms with van der Waals surface area (Å²) >= 11 is 0. The van der Waals surface area contributed by atoms with Crippen molar-refractivity contribution in [2.75, 3.05) is 19.8 Å². The predicted octanol–water partition coefficient (Wildman–Crippen LogP) is 0.0411. The fourth-order valence-electron chi connectivity index (χ4n) is 2.76. The van der Waals surface area contributed by atoms with Crippen molar-refractivity contribution < 1.29 is 17.9 Å². The summed E-state index contributed by atoms with van der Waals surface area (Å²) in [4.78, 5) is 0.0516. The van der Waals surface area contributed by atoms with Crippen molar-refractivity contribution in [3.63, 3.8) is 0 Å². The summed E-state index contributed by atoms with van der Waals surface area (Å²) < 4.78 is 35.5. The van der Waals surface area contributed by atoms with Gasteiger partial charge < -0.3 is 9.47 Å². The maximum absolute atomic E-state index is 11.3. The van der Waals surface area contributed by atoms with E-state index in [-0.39, 0.29) is 16.5 Å². The fourth-order valence-corrected chi connectivity index (χ4v) is 3.21. The van der Waals surface area contributed by atoms with Crippen LogP contribution in [0.2, 0.25) is 0 Å². The summed E-state index contributed by atoms with van der Waals surface area (Å²) in [7, 11) is -3.69. The molecule has 8 heteroatoms. The Morgan fingerprint density at radius 3 is 2.95 bits per heavy atom. The Bertz CT molecular complexity index is 562. The van der Waals surface area contributed by atoms with Crippen LogP contribution in [0.3, 0.4) is 0 Å². The van der Waals surface area contributed by atoms with Crippen molar-refractivity contribution in [2.45, 2.75) is 35.8 Å². The van der Waals surface area contributed by atoms with Gasteiger partial charge in [0.25, 0.3) is 0 Å². The first-order chi connectivity index (χ1) is 8.99. The molecular formula is C11H17N3O4S. The first kappa shape index (κ1) is 13.0. The summed E-state index contributed by atoms with van der Waals surface area (Å²) in [5.41, 5.74) is -0.226. The molecule has 19 heavy (non-hydrogen) atoms. The highest BCUT2D eigenvalue weighted by atomic mass is 32.2. The third-order valence-corrected chi connectivity index (χ3v) is 4.68. The molecule has 0 bridgehead atoms. The molecule has 0 saturated carbocycles. The van der Waals surface area contributed by atoms with Gasteiger partial charge in [-0.3, -0.25) is 4.68 Å². The molecule has 3 rings (SSSR count). The average molecular weight is 287 g/mol. The molecule has 2 saturated heterocycles. The molecule has 0 aliphatic carbocycles. The largest absolute Gasteiger partial charge is 0.378 e. The van der Waals surface area contributed by atoms with Crippen LogP contribution < -0.4 is 5.14 Å². The number of aromatic nitrogens is 2. The number of ether oxygens (including phenoxy) is 2. The monoisotopic (exact) mass is 287 g/mol. The standard InChI is InChI=1S/C11H17N3O4S/c12-19(15,16)10-6-13-14(7-10)9-1-3-18-11(5-9)2-4-17-8-11/h6-7,9H,1-5,8H2,(H2,12,15,16). The number of hydrogen-bond acceptors (Lipinski definition) is 5. The van der Waals surface area contributed by atoms with E-state index < -0.39 is 10.0 Å². The minimum Gasteiger partial charge on any atom is -0.378 e. The van der Waals surface area contributed by atoms with Crippen LogP contribution in [0.25, 0.3) is 0 Å². The highest BCUT2D eigenvalue weighted by Crippen LogP contribution is 2.37. The van der Waals surface area contributed by atoms with Gasteiger partial charge in [0, 0.05) is 32.3 Å². The quantitative estimate of drug-likeness (QED) is 0.828. The summed E-state index contributed by atoms with van der Waals surface area (Å²) in [6, 6.07) is 0.131. The molecule has 0 aromatic carbocycles. The first-order valence-corrected chi connectivity index (χ1v) is 7.82. The molecule has 106 valence electrons. The molecular weight excluding hydrogens is 270 g/mol. The Kier molecular flexibility index (Phi) is 3.12. The van der Waals surface area contributed by atoms with E-state index in [2.05, 4.69) is 5.10 Å². The minimum absolute atomic E-state index is 0.0516. The van der Waals surface area contributed by atoms with E-state index in [1.807, 2.05) is 0 Å². The van der Waals surface area contributed by atoms with Gasteiger partial charge in [-0.25, -0.2) is 13.6 Å². The molecule has 3 heterocycles. The smallest absolute Gasteiger partial charge is 0.241 e. The van der Waals surface area contributed by atoms with Gasteiger partial charge in [0.05, 0.1) is 24.4 Å². The summed E-state index contributed by atoms with van der Waals surface area (Å²) in [5, 5.41) is 9.21. The SMILES string of the molecule is NS(=O)(=O)c1cnn(C2CCOC3(CCOC3)C2)c1. The number of nitrogens with two attached hydrogens (primary N) is 1. The molecule has 2 atom stereocenters. The van der Waals surface area contributed by atoms with Crippen molar-refractivity contribution in [1.29, 1.82) is 0 Å². The van der Waals surface area contributed by atoms with E-state index in [1.165, 1.54) is 12.4 Å². The van der Waals surface area contributed by atoms with Crippen molar-refractivity contribution in [2.24, 2.45) is 5.14 Å². The maximum atomic E-state index is 11.3. The van der Waals surface area contributed by atoms with E-state index in [9.17, 15) is 8.42 Å². The zero-order chi connectivity index (χ0) is 13.5. The van der Waals surface area contributed by atoms with Gasteiger partial charge in [-0.2, -0.15) is 5.10 Å². The summed E-state index contributed by atoms with van der Waals surface area (Å²) in [6.07, 6.45) is 5.27. The normalized spacial score (nSPS) is 31.9. The van der Waals surface area contributed by atoms with Crippen molar-refractivity contribution >= 4 is 10.0 Å². The molecule has 2 fully saturated rings. The van der Waals surface area contributed by atoms with E-state index >= 15 is 0 Å². The van der Waals surface area contributed by atoms with E-state index in [4.69, 9.17) is 14.6 Å². The average Bonchev–Trinajstić information content (AvgIpc) is 2.98. The Morgan fingerprint density at radius 1 is 1.47 bits per heavy atom. The lowest BCUT2D eigenvalue weighted by atomic mass is 9.90. The van der Waals surface area contributed by atoms with Crippen LogP contribution in [0.1, 0.15) is 25.3 Å². The summed E-state index contributed by atoms with van der Waals surface area (Å²) in [6.45, 7) is 1.96. The van der Waals surface area contributed by atoms with Gasteiger partial charge in [-0.1, -0.05) is 0 Å². The van der Waals surface area contributed by atoms with Crippen LogP contribution >= 0.6 is 0 Å². The Balaban J connectivity index is 1.80. The molecule has 1 aromatic heterocycles. The van der Waals surface area contributed by atoms with Crippen LogP contribution in [-0.2, 0) is 19.5 Å². The van der Waals surface area contributed by atoms with Crippen LogP contribution in [0, 0.1) is 0 Å². The van der Waals surface area contributed by atoms with Gasteiger partial charge in [-0.05, 0) is 6.42 Å². The summed E-state index contributed by atoms with van der Waals surface area (Å²) in [5.74, 6) is 0. The molecule has 2 aliphatic rings. The maximum Gasteiger partial charge on any atom is 0.241 e. The predicted molar refractivity (Wildman–Crippen MR) is 66.0 cm³/mol. The lowest BCUT2D eigenvalue weighted by Gasteiger charge is -2.37. The number of rotatable bonds is 2.